The van der Waals surface area contributed by atoms with Gasteiger partial charge in [-0.05, 0) is 43.9 Å². The van der Waals surface area contributed by atoms with Gasteiger partial charge in [-0.15, -0.1) is 0 Å². The highest BCUT2D eigenvalue weighted by atomic mass is 32.2. The fraction of sp³-hybridized carbons (Fsp3) is 0.500. The van der Waals surface area contributed by atoms with E-state index in [1.807, 2.05) is 0 Å². The minimum Gasteiger partial charge on any atom is -0.497 e. The number of hydrazone groups is 1. The van der Waals surface area contributed by atoms with E-state index in [9.17, 15) is 23.3 Å². The predicted octanol–water partition coefficient (Wildman–Crippen LogP) is 5.58. The second-order valence-corrected chi connectivity index (χ2v) is 11.5. The Balaban J connectivity index is 1.92. The molecular weight excluding hydrogens is 536 g/mol. The number of nitrogens with zero attached hydrogens (tertiary/aromatic N) is 3. The molecule has 1 aliphatic rings. The van der Waals surface area contributed by atoms with Crippen LogP contribution in [-0.4, -0.2) is 45.7 Å². The SMILES string of the molecule is COc1ccc(N(CC(=O)NN=C2CCCCCCCCCCC2)S(=O)(=O)c2ccccc2[N+](=O)[O-])c(OC)c1. The highest BCUT2D eigenvalue weighted by Crippen LogP contribution is 2.37. The van der Waals surface area contributed by atoms with Gasteiger partial charge in [0.2, 0.25) is 0 Å². The van der Waals surface area contributed by atoms with E-state index in [0.717, 1.165) is 60.7 Å². The molecular formula is C28H38N4O7S. The minimum absolute atomic E-state index is 0.0234. The van der Waals surface area contributed by atoms with Gasteiger partial charge in [-0.1, -0.05) is 57.1 Å². The van der Waals surface area contributed by atoms with Crippen molar-refractivity contribution in [1.29, 1.82) is 0 Å². The minimum atomic E-state index is -4.59. The number of benzene rings is 2. The molecule has 0 saturated heterocycles. The smallest absolute Gasteiger partial charge is 0.289 e. The van der Waals surface area contributed by atoms with Crippen LogP contribution in [0.25, 0.3) is 0 Å². The number of anilines is 1. The van der Waals surface area contributed by atoms with Crippen molar-refractivity contribution in [3.05, 3.63) is 52.6 Å². The van der Waals surface area contributed by atoms with E-state index in [2.05, 4.69) is 10.5 Å². The van der Waals surface area contributed by atoms with Crippen LogP contribution in [0.3, 0.4) is 0 Å². The number of hydrogen-bond acceptors (Lipinski definition) is 8. The maximum absolute atomic E-state index is 13.9. The lowest BCUT2D eigenvalue weighted by Gasteiger charge is -2.25. The van der Waals surface area contributed by atoms with E-state index in [1.165, 1.54) is 76.7 Å². The van der Waals surface area contributed by atoms with Gasteiger partial charge < -0.3 is 9.47 Å². The van der Waals surface area contributed by atoms with Gasteiger partial charge in [-0.2, -0.15) is 5.10 Å². The molecule has 0 aliphatic heterocycles. The van der Waals surface area contributed by atoms with E-state index in [1.54, 1.807) is 0 Å². The van der Waals surface area contributed by atoms with E-state index in [0.29, 0.717) is 5.75 Å². The van der Waals surface area contributed by atoms with Crippen molar-refractivity contribution in [3.63, 3.8) is 0 Å². The molecule has 40 heavy (non-hydrogen) atoms. The number of ether oxygens (including phenoxy) is 2. The van der Waals surface area contributed by atoms with Crippen LogP contribution >= 0.6 is 0 Å². The van der Waals surface area contributed by atoms with Crippen molar-refractivity contribution in [2.75, 3.05) is 25.1 Å². The van der Waals surface area contributed by atoms with Gasteiger partial charge in [0, 0.05) is 17.8 Å². The maximum atomic E-state index is 13.9. The molecule has 11 nitrogen and oxygen atoms in total. The molecule has 0 unspecified atom stereocenters. The Hall–Kier alpha value is -3.67. The Morgan fingerprint density at radius 1 is 0.950 bits per heavy atom. The highest BCUT2D eigenvalue weighted by molar-refractivity contribution is 7.93. The summed E-state index contributed by atoms with van der Waals surface area (Å²) in [5.41, 5.74) is 2.83. The van der Waals surface area contributed by atoms with Crippen LogP contribution in [0.5, 0.6) is 11.5 Å². The summed E-state index contributed by atoms with van der Waals surface area (Å²) >= 11 is 0. The summed E-state index contributed by atoms with van der Waals surface area (Å²) in [6.45, 7) is -0.673. The summed E-state index contributed by atoms with van der Waals surface area (Å²) in [4.78, 5) is 23.5. The first kappa shape index (κ1) is 30.9. The lowest BCUT2D eigenvalue weighted by Crippen LogP contribution is -2.40. The molecule has 2 aromatic rings. The third-order valence-electron chi connectivity index (χ3n) is 6.84. The quantitative estimate of drug-likeness (QED) is 0.304. The average Bonchev–Trinajstić information content (AvgIpc) is 2.95. The molecule has 1 aliphatic carbocycles. The molecule has 0 atom stereocenters. The molecule has 218 valence electrons. The fourth-order valence-electron chi connectivity index (χ4n) is 4.67. The van der Waals surface area contributed by atoms with E-state index < -0.39 is 38.0 Å². The molecule has 0 spiro atoms. The molecule has 0 heterocycles. The van der Waals surface area contributed by atoms with E-state index in [4.69, 9.17) is 9.47 Å². The van der Waals surface area contributed by atoms with Gasteiger partial charge in [-0.25, -0.2) is 13.8 Å². The number of sulfonamides is 1. The Labute approximate surface area is 235 Å². The monoisotopic (exact) mass is 574 g/mol. The zero-order valence-corrected chi connectivity index (χ0v) is 24.0. The fourth-order valence-corrected chi connectivity index (χ4v) is 6.27. The molecule has 1 N–H and O–H groups in total. The second-order valence-electron chi connectivity index (χ2n) is 9.67. The molecule has 1 amide bonds. The van der Waals surface area contributed by atoms with Gasteiger partial charge >= 0.3 is 0 Å². The lowest BCUT2D eigenvalue weighted by atomic mass is 10.00. The molecule has 0 aromatic heterocycles. The lowest BCUT2D eigenvalue weighted by molar-refractivity contribution is -0.387. The Bertz CT molecular complexity index is 1280. The zero-order chi connectivity index (χ0) is 29.0. The number of methoxy groups -OCH3 is 2. The summed E-state index contributed by atoms with van der Waals surface area (Å²) in [5.74, 6) is -0.166. The van der Waals surface area contributed by atoms with Crippen LogP contribution in [0.2, 0.25) is 0 Å². The number of nitrogens with one attached hydrogen (secondary N) is 1. The maximum Gasteiger partial charge on any atom is 0.289 e. The van der Waals surface area contributed by atoms with Crippen LogP contribution in [0.15, 0.2) is 52.5 Å². The van der Waals surface area contributed by atoms with Crippen LogP contribution in [0.1, 0.15) is 70.6 Å². The molecule has 0 radical (unpaired) electrons. The van der Waals surface area contributed by atoms with Crippen molar-refractivity contribution in [3.8, 4) is 11.5 Å². The number of carbonyl (C=O) groups excluding carboxylic acids is 1. The summed E-state index contributed by atoms with van der Waals surface area (Å²) in [6, 6.07) is 9.42. The number of nitro groups is 1. The van der Waals surface area contributed by atoms with Crippen LogP contribution in [0, 0.1) is 10.1 Å². The normalized spacial score (nSPS) is 15.2. The first-order valence-corrected chi connectivity index (χ1v) is 15.0. The summed E-state index contributed by atoms with van der Waals surface area (Å²) in [7, 11) is -1.78. The van der Waals surface area contributed by atoms with Gasteiger partial charge in [0.05, 0.1) is 24.8 Å². The molecule has 1 fully saturated rings. The van der Waals surface area contributed by atoms with Crippen LogP contribution in [0.4, 0.5) is 11.4 Å². The Kier molecular flexibility index (Phi) is 11.7. The van der Waals surface area contributed by atoms with Crippen molar-refractivity contribution < 1.29 is 27.6 Å². The first-order valence-electron chi connectivity index (χ1n) is 13.6. The second kappa shape index (κ2) is 15.2. The topological polar surface area (TPSA) is 140 Å². The molecule has 1 saturated carbocycles. The van der Waals surface area contributed by atoms with Crippen molar-refractivity contribution in [1.82, 2.24) is 5.43 Å². The van der Waals surface area contributed by atoms with E-state index in [-0.39, 0.29) is 11.4 Å². The molecule has 0 bridgehead atoms. The van der Waals surface area contributed by atoms with Gasteiger partial charge in [0.15, 0.2) is 4.90 Å². The largest absolute Gasteiger partial charge is 0.497 e. The summed E-state index contributed by atoms with van der Waals surface area (Å²) < 4.78 is 39.1. The third-order valence-corrected chi connectivity index (χ3v) is 8.65. The van der Waals surface area contributed by atoms with Crippen LogP contribution < -0.4 is 19.2 Å². The first-order chi connectivity index (χ1) is 19.3. The van der Waals surface area contributed by atoms with Crippen molar-refractivity contribution in [2.24, 2.45) is 5.10 Å². The summed E-state index contributed by atoms with van der Waals surface area (Å²) in [5, 5.41) is 16.0. The number of carbonyl (C=O) groups is 1. The highest BCUT2D eigenvalue weighted by Gasteiger charge is 2.34. The van der Waals surface area contributed by atoms with Crippen LogP contribution in [-0.2, 0) is 14.8 Å². The number of amides is 1. The standard InChI is InChI=1S/C28H38N4O7S/c1-38-23-18-19-24(26(20-23)39-2)31(40(36,37)27-17-13-12-16-25(27)32(34)35)21-28(33)30-29-22-14-10-8-6-4-3-5-7-9-11-15-22/h12-13,16-20H,3-11,14-15,21H2,1-2H3,(H,30,33). The molecule has 3 rings (SSSR count). The van der Waals surface area contributed by atoms with Crippen molar-refractivity contribution in [2.45, 2.75) is 75.5 Å². The average molecular weight is 575 g/mol. The molecule has 2 aromatic carbocycles. The zero-order valence-electron chi connectivity index (χ0n) is 23.1. The van der Waals surface area contributed by atoms with Gasteiger partial charge in [-0.3, -0.25) is 19.2 Å². The Morgan fingerprint density at radius 3 is 2.12 bits per heavy atom. The predicted molar refractivity (Wildman–Crippen MR) is 154 cm³/mol. The number of para-hydroxylation sites is 1. The third kappa shape index (κ3) is 8.41. The van der Waals surface area contributed by atoms with Gasteiger partial charge in [0.1, 0.15) is 18.0 Å². The number of rotatable bonds is 9. The van der Waals surface area contributed by atoms with Gasteiger partial charge in [0.25, 0.3) is 21.6 Å². The summed E-state index contributed by atoms with van der Waals surface area (Å²) in [6.07, 6.45) is 11.8. The molecule has 12 heteroatoms. The van der Waals surface area contributed by atoms with Crippen molar-refractivity contribution >= 4 is 33.0 Å². The Morgan fingerprint density at radius 2 is 1.55 bits per heavy atom. The van der Waals surface area contributed by atoms with E-state index >= 15 is 0 Å². The number of hydrogen-bond donors (Lipinski definition) is 1. The number of nitro benzene ring substituents is 1.